The Morgan fingerprint density at radius 3 is 2.86 bits per heavy atom. The Labute approximate surface area is 131 Å². The van der Waals surface area contributed by atoms with Gasteiger partial charge in [-0.25, -0.2) is 4.39 Å². The zero-order valence-electron chi connectivity index (χ0n) is 12.1. The minimum atomic E-state index is -0.235. The van der Waals surface area contributed by atoms with Crippen LogP contribution < -0.4 is 5.32 Å². The summed E-state index contributed by atoms with van der Waals surface area (Å²) < 4.78 is 16.2. The smallest absolute Gasteiger partial charge is 0.149 e. The molecule has 1 aromatic carbocycles. The summed E-state index contributed by atoms with van der Waals surface area (Å²) in [7, 11) is 0. The monoisotopic (exact) mass is 352 g/mol. The predicted molar refractivity (Wildman–Crippen MR) is 82.4 cm³/mol. The number of hydrogen-bond donors (Lipinski definition) is 1. The Kier molecular flexibility index (Phi) is 4.08. The van der Waals surface area contributed by atoms with E-state index in [1.54, 1.807) is 6.07 Å². The van der Waals surface area contributed by atoms with Crippen molar-refractivity contribution >= 4 is 15.9 Å². The Balaban J connectivity index is 1.76. The van der Waals surface area contributed by atoms with Crippen molar-refractivity contribution in [2.75, 3.05) is 0 Å². The first-order chi connectivity index (χ1) is 10.1. The second kappa shape index (κ2) is 5.85. The molecule has 2 unspecified atom stereocenters. The van der Waals surface area contributed by atoms with Crippen LogP contribution >= 0.6 is 15.9 Å². The standard InChI is InChI=1S/C15H18BrFN4/c1-9(12-6-5-11(17)8-13(12)16)18-10(2)15-20-19-14-4-3-7-21(14)15/h5-6,8-10,18H,3-4,7H2,1-2H3. The van der Waals surface area contributed by atoms with Gasteiger partial charge in [0.25, 0.3) is 0 Å². The Morgan fingerprint density at radius 1 is 1.29 bits per heavy atom. The van der Waals surface area contributed by atoms with Gasteiger partial charge < -0.3 is 9.88 Å². The molecule has 0 spiro atoms. The van der Waals surface area contributed by atoms with Gasteiger partial charge in [-0.1, -0.05) is 22.0 Å². The SMILES string of the molecule is CC(NC(C)c1nnc2n1CCC2)c1ccc(F)cc1Br. The number of halogens is 2. The fourth-order valence-electron chi connectivity index (χ4n) is 2.89. The molecule has 0 saturated heterocycles. The Bertz CT molecular complexity index is 655. The molecule has 2 heterocycles. The lowest BCUT2D eigenvalue weighted by Gasteiger charge is -2.21. The van der Waals surface area contributed by atoms with Gasteiger partial charge in [0.15, 0.2) is 0 Å². The van der Waals surface area contributed by atoms with Gasteiger partial charge >= 0.3 is 0 Å². The molecule has 21 heavy (non-hydrogen) atoms. The topological polar surface area (TPSA) is 42.7 Å². The largest absolute Gasteiger partial charge is 0.314 e. The Morgan fingerprint density at radius 2 is 2.10 bits per heavy atom. The summed E-state index contributed by atoms with van der Waals surface area (Å²) in [5.41, 5.74) is 1.03. The van der Waals surface area contributed by atoms with Crippen molar-refractivity contribution in [1.82, 2.24) is 20.1 Å². The van der Waals surface area contributed by atoms with E-state index in [9.17, 15) is 4.39 Å². The number of aryl methyl sites for hydroxylation is 1. The van der Waals surface area contributed by atoms with Gasteiger partial charge in [0.1, 0.15) is 17.5 Å². The highest BCUT2D eigenvalue weighted by Crippen LogP contribution is 2.27. The molecule has 0 aliphatic carbocycles. The minimum Gasteiger partial charge on any atom is -0.314 e. The first-order valence-corrected chi connectivity index (χ1v) is 7.98. The third kappa shape index (κ3) is 2.87. The lowest BCUT2D eigenvalue weighted by Crippen LogP contribution is -2.25. The van der Waals surface area contributed by atoms with Gasteiger partial charge in [-0.2, -0.15) is 0 Å². The van der Waals surface area contributed by atoms with E-state index in [0.29, 0.717) is 0 Å². The molecule has 0 radical (unpaired) electrons. The highest BCUT2D eigenvalue weighted by molar-refractivity contribution is 9.10. The minimum absolute atomic E-state index is 0.0873. The van der Waals surface area contributed by atoms with Gasteiger partial charge in [-0.05, 0) is 38.0 Å². The maximum atomic E-state index is 13.2. The first-order valence-electron chi connectivity index (χ1n) is 7.19. The van der Waals surface area contributed by atoms with Crippen LogP contribution in [0.1, 0.15) is 49.6 Å². The zero-order chi connectivity index (χ0) is 15.0. The fraction of sp³-hybridized carbons (Fsp3) is 0.467. The van der Waals surface area contributed by atoms with E-state index in [4.69, 9.17) is 0 Å². The van der Waals surface area contributed by atoms with Crippen molar-refractivity contribution in [3.63, 3.8) is 0 Å². The van der Waals surface area contributed by atoms with Crippen LogP contribution in [0.15, 0.2) is 22.7 Å². The quantitative estimate of drug-likeness (QED) is 0.914. The van der Waals surface area contributed by atoms with Crippen molar-refractivity contribution in [2.24, 2.45) is 0 Å². The molecule has 4 nitrogen and oxygen atoms in total. The van der Waals surface area contributed by atoms with Crippen LogP contribution in [0.4, 0.5) is 4.39 Å². The third-order valence-corrected chi connectivity index (χ3v) is 4.64. The lowest BCUT2D eigenvalue weighted by molar-refractivity contribution is 0.458. The van der Waals surface area contributed by atoms with E-state index in [0.717, 1.165) is 41.1 Å². The van der Waals surface area contributed by atoms with Gasteiger partial charge in [-0.15, -0.1) is 10.2 Å². The van der Waals surface area contributed by atoms with E-state index in [-0.39, 0.29) is 17.9 Å². The molecule has 1 aliphatic rings. The average molecular weight is 353 g/mol. The number of benzene rings is 1. The molecular formula is C15H18BrFN4. The van der Waals surface area contributed by atoms with Crippen molar-refractivity contribution in [1.29, 1.82) is 0 Å². The molecule has 2 aromatic rings. The summed E-state index contributed by atoms with van der Waals surface area (Å²) in [6.45, 7) is 5.15. The molecule has 2 atom stereocenters. The molecule has 1 aliphatic heterocycles. The summed E-state index contributed by atoms with van der Waals surface area (Å²) >= 11 is 3.42. The molecule has 0 amide bonds. The number of rotatable bonds is 4. The van der Waals surface area contributed by atoms with Crippen LogP contribution in [0, 0.1) is 5.82 Å². The van der Waals surface area contributed by atoms with Gasteiger partial charge in [0, 0.05) is 23.5 Å². The molecular weight excluding hydrogens is 335 g/mol. The number of nitrogens with zero attached hydrogens (tertiary/aromatic N) is 3. The molecule has 0 saturated carbocycles. The van der Waals surface area contributed by atoms with Crippen LogP contribution in [-0.2, 0) is 13.0 Å². The molecule has 1 N–H and O–H groups in total. The zero-order valence-corrected chi connectivity index (χ0v) is 13.7. The normalized spacial score (nSPS) is 16.8. The van der Waals surface area contributed by atoms with Crippen molar-refractivity contribution < 1.29 is 4.39 Å². The number of hydrogen-bond acceptors (Lipinski definition) is 3. The summed E-state index contributed by atoms with van der Waals surface area (Å²) in [5, 5.41) is 12.1. The van der Waals surface area contributed by atoms with Crippen molar-refractivity contribution in [3.05, 3.63) is 45.7 Å². The number of fused-ring (bicyclic) bond motifs is 1. The van der Waals surface area contributed by atoms with Crippen LogP contribution in [0.25, 0.3) is 0 Å². The summed E-state index contributed by atoms with van der Waals surface area (Å²) in [5.74, 6) is 1.82. The third-order valence-electron chi connectivity index (χ3n) is 3.95. The molecule has 3 rings (SSSR count). The summed E-state index contributed by atoms with van der Waals surface area (Å²) in [6, 6.07) is 4.96. The maximum Gasteiger partial charge on any atom is 0.149 e. The molecule has 6 heteroatoms. The predicted octanol–water partition coefficient (Wildman–Crippen LogP) is 3.54. The number of aromatic nitrogens is 3. The molecule has 0 fully saturated rings. The number of nitrogens with one attached hydrogen (secondary N) is 1. The highest BCUT2D eigenvalue weighted by atomic mass is 79.9. The molecule has 1 aromatic heterocycles. The van der Waals surface area contributed by atoms with Crippen molar-refractivity contribution in [3.8, 4) is 0 Å². The van der Waals surface area contributed by atoms with Crippen LogP contribution in [0.2, 0.25) is 0 Å². The van der Waals surface area contributed by atoms with Crippen LogP contribution in [0.5, 0.6) is 0 Å². The highest BCUT2D eigenvalue weighted by Gasteiger charge is 2.22. The molecule has 112 valence electrons. The maximum absolute atomic E-state index is 13.2. The van der Waals surface area contributed by atoms with E-state index in [1.807, 2.05) is 0 Å². The van der Waals surface area contributed by atoms with Gasteiger partial charge in [0.2, 0.25) is 0 Å². The lowest BCUT2D eigenvalue weighted by atomic mass is 10.1. The van der Waals surface area contributed by atoms with Crippen molar-refractivity contribution in [2.45, 2.75) is 45.3 Å². The Hall–Kier alpha value is -1.27. The van der Waals surface area contributed by atoms with Gasteiger partial charge in [-0.3, -0.25) is 0 Å². The summed E-state index contributed by atoms with van der Waals surface area (Å²) in [6.07, 6.45) is 2.16. The van der Waals surface area contributed by atoms with E-state index >= 15 is 0 Å². The van der Waals surface area contributed by atoms with E-state index < -0.39 is 0 Å². The molecule has 0 bridgehead atoms. The van der Waals surface area contributed by atoms with E-state index in [2.05, 4.69) is 49.9 Å². The fourth-order valence-corrected chi connectivity index (χ4v) is 3.58. The average Bonchev–Trinajstić information content (AvgIpc) is 3.00. The van der Waals surface area contributed by atoms with Crippen LogP contribution in [0.3, 0.4) is 0 Å². The van der Waals surface area contributed by atoms with Crippen LogP contribution in [-0.4, -0.2) is 14.8 Å². The van der Waals surface area contributed by atoms with Gasteiger partial charge in [0.05, 0.1) is 6.04 Å². The second-order valence-corrected chi connectivity index (χ2v) is 6.36. The first kappa shape index (κ1) is 14.7. The second-order valence-electron chi connectivity index (χ2n) is 5.51. The summed E-state index contributed by atoms with van der Waals surface area (Å²) in [4.78, 5) is 0. The van der Waals surface area contributed by atoms with E-state index in [1.165, 1.54) is 12.1 Å².